The lowest BCUT2D eigenvalue weighted by atomic mass is 10.2. The summed E-state index contributed by atoms with van der Waals surface area (Å²) in [4.78, 5) is 12.6. The fourth-order valence-corrected chi connectivity index (χ4v) is 3.08. The molecule has 0 spiro atoms. The highest BCUT2D eigenvalue weighted by molar-refractivity contribution is 5.61. The van der Waals surface area contributed by atoms with E-state index >= 15 is 0 Å². The highest BCUT2D eigenvalue weighted by Gasteiger charge is 2.32. The summed E-state index contributed by atoms with van der Waals surface area (Å²) >= 11 is 0. The van der Waals surface area contributed by atoms with Gasteiger partial charge in [-0.3, -0.25) is 15.0 Å². The Bertz CT molecular complexity index is 540. The molecule has 21 heavy (non-hydrogen) atoms. The number of fused-ring (bicyclic) bond motifs is 1. The normalized spacial score (nSPS) is 25.6. The van der Waals surface area contributed by atoms with E-state index in [1.54, 1.807) is 0 Å². The number of ether oxygens (including phenoxy) is 1. The molecule has 2 aliphatic rings. The molecule has 1 aromatic carbocycles. The van der Waals surface area contributed by atoms with Crippen LogP contribution in [0.4, 0.5) is 15.8 Å². The van der Waals surface area contributed by atoms with E-state index in [0.29, 0.717) is 19.2 Å². The van der Waals surface area contributed by atoms with Crippen LogP contribution in [0.25, 0.3) is 0 Å². The van der Waals surface area contributed by atoms with Crippen LogP contribution >= 0.6 is 0 Å². The number of rotatable bonds is 4. The molecule has 3 rings (SSSR count). The third-order valence-corrected chi connectivity index (χ3v) is 4.15. The van der Waals surface area contributed by atoms with Crippen LogP contribution in [0.5, 0.6) is 0 Å². The lowest BCUT2D eigenvalue weighted by Crippen LogP contribution is -2.48. The van der Waals surface area contributed by atoms with Crippen LogP contribution in [0.1, 0.15) is 12.8 Å². The summed E-state index contributed by atoms with van der Waals surface area (Å²) in [5.41, 5.74) is -0.306. The van der Waals surface area contributed by atoms with Crippen molar-refractivity contribution in [1.29, 1.82) is 0 Å². The van der Waals surface area contributed by atoms with E-state index in [2.05, 4.69) is 10.2 Å². The van der Waals surface area contributed by atoms with Crippen LogP contribution in [-0.2, 0) is 4.74 Å². The zero-order valence-electron chi connectivity index (χ0n) is 11.6. The van der Waals surface area contributed by atoms with Crippen molar-refractivity contribution in [2.45, 2.75) is 25.0 Å². The molecule has 0 bridgehead atoms. The molecule has 0 amide bonds. The summed E-state index contributed by atoms with van der Waals surface area (Å²) < 4.78 is 19.3. The third-order valence-electron chi connectivity index (χ3n) is 4.15. The van der Waals surface area contributed by atoms with E-state index in [1.165, 1.54) is 25.0 Å². The minimum atomic E-state index is -0.825. The molecule has 114 valence electrons. The zero-order chi connectivity index (χ0) is 14.8. The molecule has 1 aromatic rings. The van der Waals surface area contributed by atoms with E-state index in [9.17, 15) is 14.5 Å². The summed E-state index contributed by atoms with van der Waals surface area (Å²) in [6.07, 6.45) is 2.35. The Kier molecular flexibility index (Phi) is 4.03. The Morgan fingerprint density at radius 1 is 1.52 bits per heavy atom. The van der Waals surface area contributed by atoms with Crippen molar-refractivity contribution in [3.05, 3.63) is 34.1 Å². The van der Waals surface area contributed by atoms with Crippen LogP contribution in [0, 0.1) is 15.9 Å². The second kappa shape index (κ2) is 5.95. The average Bonchev–Trinajstić information content (AvgIpc) is 2.92. The number of nitro benzene ring substituents is 1. The van der Waals surface area contributed by atoms with Crippen molar-refractivity contribution >= 4 is 11.4 Å². The molecule has 2 atom stereocenters. The fraction of sp³-hybridized carbons (Fsp3) is 0.571. The van der Waals surface area contributed by atoms with Gasteiger partial charge in [0.05, 0.1) is 17.6 Å². The van der Waals surface area contributed by atoms with Crippen molar-refractivity contribution in [3.63, 3.8) is 0 Å². The predicted octanol–water partition coefficient (Wildman–Crippen LogP) is 2.01. The van der Waals surface area contributed by atoms with Crippen LogP contribution in [0.15, 0.2) is 18.2 Å². The summed E-state index contributed by atoms with van der Waals surface area (Å²) in [5, 5.41) is 13.9. The maximum atomic E-state index is 13.5. The quantitative estimate of drug-likeness (QED) is 0.680. The number of anilines is 1. The molecular formula is C14H18FN3O3. The maximum absolute atomic E-state index is 13.5. The van der Waals surface area contributed by atoms with Crippen molar-refractivity contribution in [3.8, 4) is 0 Å². The molecule has 7 heteroatoms. The number of hydrogen-bond donors (Lipinski definition) is 1. The van der Waals surface area contributed by atoms with Crippen LogP contribution < -0.4 is 5.32 Å². The number of nitrogens with zero attached hydrogens (tertiary/aromatic N) is 2. The fourth-order valence-electron chi connectivity index (χ4n) is 3.08. The van der Waals surface area contributed by atoms with Crippen molar-refractivity contribution < 1.29 is 14.1 Å². The van der Waals surface area contributed by atoms with Gasteiger partial charge in [0.1, 0.15) is 5.69 Å². The smallest absolute Gasteiger partial charge is 0.327 e. The first-order valence-electron chi connectivity index (χ1n) is 7.17. The monoisotopic (exact) mass is 295 g/mol. The van der Waals surface area contributed by atoms with Gasteiger partial charge < -0.3 is 10.1 Å². The summed E-state index contributed by atoms with van der Waals surface area (Å²) in [6, 6.07) is 4.59. The Morgan fingerprint density at radius 2 is 2.38 bits per heavy atom. The van der Waals surface area contributed by atoms with Crippen LogP contribution in [-0.4, -0.2) is 48.2 Å². The van der Waals surface area contributed by atoms with Gasteiger partial charge in [-0.05, 0) is 31.5 Å². The van der Waals surface area contributed by atoms with Crippen molar-refractivity contribution in [2.24, 2.45) is 0 Å². The zero-order valence-corrected chi connectivity index (χ0v) is 11.6. The van der Waals surface area contributed by atoms with Crippen molar-refractivity contribution in [1.82, 2.24) is 4.90 Å². The predicted molar refractivity (Wildman–Crippen MR) is 75.9 cm³/mol. The summed E-state index contributed by atoms with van der Waals surface area (Å²) in [7, 11) is 0. The molecule has 0 radical (unpaired) electrons. The molecule has 2 fully saturated rings. The number of nitro groups is 1. The molecule has 2 heterocycles. The lowest BCUT2D eigenvalue weighted by molar-refractivity contribution is -0.386. The Labute approximate surface area is 122 Å². The highest BCUT2D eigenvalue weighted by Crippen LogP contribution is 2.28. The minimum Gasteiger partial charge on any atom is -0.377 e. The van der Waals surface area contributed by atoms with Gasteiger partial charge in [-0.1, -0.05) is 6.07 Å². The SMILES string of the molecule is O=[N+]([O-])c1c(F)cccc1NCC1CN2CCCC2CO1. The van der Waals surface area contributed by atoms with E-state index in [-0.39, 0.29) is 11.8 Å². The molecule has 0 aliphatic carbocycles. The standard InChI is InChI=1S/C14H18FN3O3/c15-12-4-1-5-13(14(12)18(19)20)16-7-11-8-17-6-2-3-10(17)9-21-11/h1,4-5,10-11,16H,2-3,6-9H2. The number of morpholine rings is 1. The molecule has 0 saturated carbocycles. The third kappa shape index (κ3) is 2.98. The van der Waals surface area contributed by atoms with Gasteiger partial charge in [0.25, 0.3) is 0 Å². The van der Waals surface area contributed by atoms with Crippen molar-refractivity contribution in [2.75, 3.05) is 31.6 Å². The van der Waals surface area contributed by atoms with Gasteiger partial charge in [0.2, 0.25) is 5.82 Å². The molecule has 2 aliphatic heterocycles. The maximum Gasteiger partial charge on any atom is 0.327 e. The Hall–Kier alpha value is -1.73. The molecule has 6 nitrogen and oxygen atoms in total. The number of para-hydroxylation sites is 1. The number of hydrogen-bond acceptors (Lipinski definition) is 5. The molecule has 0 aromatic heterocycles. The first kappa shape index (κ1) is 14.2. The van der Waals surface area contributed by atoms with Gasteiger partial charge in [0, 0.05) is 19.1 Å². The molecule has 2 unspecified atom stereocenters. The first-order chi connectivity index (χ1) is 10.1. The first-order valence-corrected chi connectivity index (χ1v) is 7.17. The molecular weight excluding hydrogens is 277 g/mol. The lowest BCUT2D eigenvalue weighted by Gasteiger charge is -2.35. The van der Waals surface area contributed by atoms with E-state index in [1.807, 2.05) is 0 Å². The topological polar surface area (TPSA) is 67.6 Å². The second-order valence-electron chi connectivity index (χ2n) is 5.52. The van der Waals surface area contributed by atoms with Crippen LogP contribution in [0.2, 0.25) is 0 Å². The van der Waals surface area contributed by atoms with E-state index in [4.69, 9.17) is 4.74 Å². The van der Waals surface area contributed by atoms with Gasteiger partial charge in [-0.15, -0.1) is 0 Å². The number of nitrogens with one attached hydrogen (secondary N) is 1. The Morgan fingerprint density at radius 3 is 3.19 bits per heavy atom. The number of halogens is 1. The van der Waals surface area contributed by atoms with Gasteiger partial charge in [-0.2, -0.15) is 4.39 Å². The average molecular weight is 295 g/mol. The van der Waals surface area contributed by atoms with E-state index in [0.717, 1.165) is 19.2 Å². The highest BCUT2D eigenvalue weighted by atomic mass is 19.1. The molecule has 1 N–H and O–H groups in total. The molecule has 2 saturated heterocycles. The number of benzene rings is 1. The second-order valence-corrected chi connectivity index (χ2v) is 5.52. The van der Waals surface area contributed by atoms with Gasteiger partial charge >= 0.3 is 5.69 Å². The van der Waals surface area contributed by atoms with Gasteiger partial charge in [-0.25, -0.2) is 0 Å². The van der Waals surface area contributed by atoms with Crippen LogP contribution in [0.3, 0.4) is 0 Å². The Balaban J connectivity index is 1.63. The van der Waals surface area contributed by atoms with Gasteiger partial charge in [0.15, 0.2) is 0 Å². The summed E-state index contributed by atoms with van der Waals surface area (Å²) in [5.74, 6) is -0.825. The van der Waals surface area contributed by atoms with E-state index < -0.39 is 16.4 Å². The largest absolute Gasteiger partial charge is 0.377 e. The summed E-state index contributed by atoms with van der Waals surface area (Å²) in [6.45, 7) is 3.05. The minimum absolute atomic E-state index is 0.0257.